The summed E-state index contributed by atoms with van der Waals surface area (Å²) in [6, 6.07) is 15.8. The molecule has 0 spiro atoms. The van der Waals surface area contributed by atoms with Crippen LogP contribution in [0.4, 0.5) is 5.69 Å². The highest BCUT2D eigenvalue weighted by molar-refractivity contribution is 7.92. The Morgan fingerprint density at radius 1 is 0.892 bits per heavy atom. The maximum Gasteiger partial charge on any atom is 0.264 e. The van der Waals surface area contributed by atoms with Gasteiger partial charge in [0.25, 0.3) is 10.0 Å². The second-order valence-corrected chi connectivity index (χ2v) is 11.6. The van der Waals surface area contributed by atoms with Crippen LogP contribution in [0.1, 0.15) is 12.5 Å². The smallest absolute Gasteiger partial charge is 0.264 e. The monoisotopic (exact) mass is 601 g/mol. The minimum Gasteiger partial charge on any atom is -0.357 e. The summed E-state index contributed by atoms with van der Waals surface area (Å²) < 4.78 is 28.3. The maximum atomic E-state index is 13.7. The molecule has 12 heteroatoms. The molecule has 0 aliphatic rings. The van der Waals surface area contributed by atoms with Gasteiger partial charge in [0.1, 0.15) is 12.6 Å². The first-order valence-corrected chi connectivity index (χ1v) is 13.9. The third-order valence-electron chi connectivity index (χ3n) is 5.50. The average Bonchev–Trinajstić information content (AvgIpc) is 2.86. The molecule has 3 aromatic carbocycles. The number of nitrogens with zero attached hydrogens (tertiary/aromatic N) is 2. The Balaban J connectivity index is 2.06. The van der Waals surface area contributed by atoms with Gasteiger partial charge in [-0.1, -0.05) is 70.7 Å². The summed E-state index contributed by atoms with van der Waals surface area (Å²) in [5, 5.41) is 3.51. The lowest BCUT2D eigenvalue weighted by molar-refractivity contribution is -0.139. The van der Waals surface area contributed by atoms with Crippen LogP contribution in [0.3, 0.4) is 0 Å². The van der Waals surface area contributed by atoms with E-state index in [0.717, 1.165) is 4.31 Å². The third-order valence-corrected chi connectivity index (χ3v) is 8.46. The number of benzene rings is 3. The molecule has 0 unspecified atom stereocenters. The molecule has 7 nitrogen and oxygen atoms in total. The molecule has 0 aliphatic carbocycles. The highest BCUT2D eigenvalue weighted by atomic mass is 35.5. The van der Waals surface area contributed by atoms with Crippen molar-refractivity contribution in [2.75, 3.05) is 17.9 Å². The summed E-state index contributed by atoms with van der Waals surface area (Å²) in [4.78, 5) is 27.5. The Hall–Kier alpha value is -2.49. The lowest BCUT2D eigenvalue weighted by Crippen LogP contribution is -2.50. The topological polar surface area (TPSA) is 86.8 Å². The van der Waals surface area contributed by atoms with E-state index in [1.54, 1.807) is 43.3 Å². The van der Waals surface area contributed by atoms with Crippen molar-refractivity contribution in [2.24, 2.45) is 0 Å². The first-order valence-electron chi connectivity index (χ1n) is 10.9. The average molecular weight is 603 g/mol. The Labute approximate surface area is 235 Å². The van der Waals surface area contributed by atoms with Crippen molar-refractivity contribution in [2.45, 2.75) is 24.4 Å². The van der Waals surface area contributed by atoms with Crippen LogP contribution in [0.2, 0.25) is 20.1 Å². The normalized spacial score (nSPS) is 12.1. The van der Waals surface area contributed by atoms with Gasteiger partial charge in [0, 0.05) is 23.6 Å². The zero-order valence-corrected chi connectivity index (χ0v) is 23.6. The molecule has 0 saturated carbocycles. The number of hydrogen-bond donors (Lipinski definition) is 1. The van der Waals surface area contributed by atoms with E-state index in [2.05, 4.69) is 5.32 Å². The number of sulfonamides is 1. The Morgan fingerprint density at radius 2 is 1.51 bits per heavy atom. The van der Waals surface area contributed by atoms with E-state index < -0.39 is 34.4 Å². The molecule has 1 N–H and O–H groups in total. The first-order chi connectivity index (χ1) is 17.4. The van der Waals surface area contributed by atoms with Crippen LogP contribution in [0.5, 0.6) is 0 Å². The van der Waals surface area contributed by atoms with Gasteiger partial charge in [-0.25, -0.2) is 8.42 Å². The lowest BCUT2D eigenvalue weighted by atomic mass is 10.1. The second-order valence-electron chi connectivity index (χ2n) is 8.01. The molecule has 196 valence electrons. The van der Waals surface area contributed by atoms with Crippen molar-refractivity contribution in [3.8, 4) is 0 Å². The number of likely N-dealkylation sites (N-methyl/N-ethyl adjacent to an activating group) is 1. The highest BCUT2D eigenvalue weighted by Gasteiger charge is 2.32. The van der Waals surface area contributed by atoms with Crippen LogP contribution in [0, 0.1) is 0 Å². The molecular formula is C25H23Cl4N3O4S. The molecule has 0 radical (unpaired) electrons. The number of halogens is 4. The third kappa shape index (κ3) is 7.09. The van der Waals surface area contributed by atoms with Gasteiger partial charge in [-0.3, -0.25) is 13.9 Å². The van der Waals surface area contributed by atoms with Gasteiger partial charge in [-0.05, 0) is 55.0 Å². The summed E-state index contributed by atoms with van der Waals surface area (Å²) in [5.41, 5.74) is 0.693. The van der Waals surface area contributed by atoms with Gasteiger partial charge in [-0.2, -0.15) is 0 Å². The van der Waals surface area contributed by atoms with Gasteiger partial charge >= 0.3 is 0 Å². The van der Waals surface area contributed by atoms with Crippen LogP contribution in [-0.2, 0) is 26.2 Å². The Bertz CT molecular complexity index is 1380. The van der Waals surface area contributed by atoms with Gasteiger partial charge in [0.2, 0.25) is 11.8 Å². The van der Waals surface area contributed by atoms with Crippen LogP contribution in [0.25, 0.3) is 0 Å². The molecule has 3 aromatic rings. The van der Waals surface area contributed by atoms with Gasteiger partial charge in [0.05, 0.1) is 20.6 Å². The summed E-state index contributed by atoms with van der Waals surface area (Å²) in [6.07, 6.45) is 0. The number of amides is 2. The number of nitrogens with one attached hydrogen (secondary N) is 1. The second kappa shape index (κ2) is 12.4. The number of carbonyl (C=O) groups excluding carboxylic acids is 2. The molecule has 37 heavy (non-hydrogen) atoms. The fourth-order valence-electron chi connectivity index (χ4n) is 3.56. The maximum absolute atomic E-state index is 13.7. The molecule has 0 aromatic heterocycles. The van der Waals surface area contributed by atoms with Crippen molar-refractivity contribution in [1.82, 2.24) is 10.2 Å². The van der Waals surface area contributed by atoms with Crippen molar-refractivity contribution >= 4 is 73.9 Å². The van der Waals surface area contributed by atoms with Crippen molar-refractivity contribution < 1.29 is 18.0 Å². The first kappa shape index (κ1) is 29.1. The standard InChI is InChI=1S/C25H23Cl4N3O4S/c1-16(25(34)30-2)31(14-17-8-9-22(28)23(29)10-17)24(33)15-32(20-12-18(26)11-19(27)13-20)37(35,36)21-6-4-3-5-7-21/h3-13,16H,14-15H2,1-2H3,(H,30,34)/t16-/m0/s1. The quantitative estimate of drug-likeness (QED) is 0.342. The molecule has 3 rings (SSSR count). The highest BCUT2D eigenvalue weighted by Crippen LogP contribution is 2.30. The molecular weight excluding hydrogens is 580 g/mol. The summed E-state index contributed by atoms with van der Waals surface area (Å²) in [7, 11) is -2.78. The van der Waals surface area contributed by atoms with E-state index in [1.165, 1.54) is 42.3 Å². The summed E-state index contributed by atoms with van der Waals surface area (Å²) in [5.74, 6) is -1.07. The minimum absolute atomic E-state index is 0.0279. The van der Waals surface area contributed by atoms with E-state index in [4.69, 9.17) is 46.4 Å². The van der Waals surface area contributed by atoms with E-state index in [9.17, 15) is 18.0 Å². The molecule has 0 fully saturated rings. The Kier molecular flexibility index (Phi) is 9.72. The predicted octanol–water partition coefficient (Wildman–Crippen LogP) is 5.66. The molecule has 0 saturated heterocycles. The van der Waals surface area contributed by atoms with Crippen LogP contribution in [-0.4, -0.2) is 44.8 Å². The number of anilines is 1. The molecule has 0 bridgehead atoms. The van der Waals surface area contributed by atoms with Crippen molar-refractivity contribution in [1.29, 1.82) is 0 Å². The van der Waals surface area contributed by atoms with E-state index >= 15 is 0 Å². The fraction of sp³-hybridized carbons (Fsp3) is 0.200. The van der Waals surface area contributed by atoms with E-state index in [-0.39, 0.29) is 32.2 Å². The zero-order chi connectivity index (χ0) is 27.3. The number of carbonyl (C=O) groups is 2. The van der Waals surface area contributed by atoms with Gasteiger partial charge in [0.15, 0.2) is 0 Å². The van der Waals surface area contributed by atoms with E-state index in [1.807, 2.05) is 0 Å². The predicted molar refractivity (Wildman–Crippen MR) is 148 cm³/mol. The molecule has 1 atom stereocenters. The summed E-state index contributed by atoms with van der Waals surface area (Å²) >= 11 is 24.5. The van der Waals surface area contributed by atoms with Crippen molar-refractivity contribution in [3.63, 3.8) is 0 Å². The zero-order valence-electron chi connectivity index (χ0n) is 19.8. The summed E-state index contributed by atoms with van der Waals surface area (Å²) in [6.45, 7) is 0.886. The van der Waals surface area contributed by atoms with E-state index in [0.29, 0.717) is 10.6 Å². The number of hydrogen-bond acceptors (Lipinski definition) is 4. The van der Waals surface area contributed by atoms with Crippen molar-refractivity contribution in [3.05, 3.63) is 92.4 Å². The lowest BCUT2D eigenvalue weighted by Gasteiger charge is -2.32. The SMILES string of the molecule is CNC(=O)[C@H](C)N(Cc1ccc(Cl)c(Cl)c1)C(=O)CN(c1cc(Cl)cc(Cl)c1)S(=O)(=O)c1ccccc1. The van der Waals surface area contributed by atoms with Crippen LogP contribution in [0.15, 0.2) is 71.6 Å². The van der Waals surface area contributed by atoms with Gasteiger partial charge < -0.3 is 10.2 Å². The molecule has 0 heterocycles. The Morgan fingerprint density at radius 3 is 2.08 bits per heavy atom. The van der Waals surface area contributed by atoms with Gasteiger partial charge in [-0.15, -0.1) is 0 Å². The van der Waals surface area contributed by atoms with Crippen LogP contribution >= 0.6 is 46.4 Å². The molecule has 0 aliphatic heterocycles. The minimum atomic E-state index is -4.22. The largest absolute Gasteiger partial charge is 0.357 e. The van der Waals surface area contributed by atoms with Crippen LogP contribution < -0.4 is 9.62 Å². The fourth-order valence-corrected chi connectivity index (χ4v) is 5.81. The molecule has 2 amide bonds. The number of rotatable bonds is 9.